The number of nitrogens with one attached hydrogen (secondary N) is 1. The molecule has 0 bridgehead atoms. The number of allylic oxidation sites excluding steroid dienone is 1. The van der Waals surface area contributed by atoms with Gasteiger partial charge in [-0.1, -0.05) is 18.2 Å². The summed E-state index contributed by atoms with van der Waals surface area (Å²) in [5.41, 5.74) is 2.66. The van der Waals surface area contributed by atoms with Gasteiger partial charge < -0.3 is 14.8 Å². The molecule has 33 heavy (non-hydrogen) atoms. The van der Waals surface area contributed by atoms with Crippen molar-refractivity contribution in [2.45, 2.75) is 37.6 Å². The van der Waals surface area contributed by atoms with Crippen LogP contribution in [0.25, 0.3) is 0 Å². The van der Waals surface area contributed by atoms with Crippen LogP contribution in [0.15, 0.2) is 75.9 Å². The summed E-state index contributed by atoms with van der Waals surface area (Å²) in [4.78, 5) is 40.7. The molecule has 2 aromatic heterocycles. The van der Waals surface area contributed by atoms with E-state index in [1.807, 2.05) is 53.9 Å². The van der Waals surface area contributed by atoms with Gasteiger partial charge in [-0.2, -0.15) is 0 Å². The van der Waals surface area contributed by atoms with E-state index in [0.717, 1.165) is 16.3 Å². The molecule has 1 aliphatic heterocycles. The zero-order valence-corrected chi connectivity index (χ0v) is 18.5. The Balaban J connectivity index is 1.66. The fourth-order valence-corrected chi connectivity index (χ4v) is 5.46. The fraction of sp³-hybridized carbons (Fsp3) is 0.240. The summed E-state index contributed by atoms with van der Waals surface area (Å²) < 4.78 is 5.59. The summed E-state index contributed by atoms with van der Waals surface area (Å²) in [6.45, 7) is 0. The Morgan fingerprint density at radius 2 is 1.94 bits per heavy atom. The highest BCUT2D eigenvalue weighted by molar-refractivity contribution is 7.10. The summed E-state index contributed by atoms with van der Waals surface area (Å²) in [5, 5.41) is 14.5. The first-order valence-electron chi connectivity index (χ1n) is 10.8. The number of amides is 1. The van der Waals surface area contributed by atoms with E-state index in [0.29, 0.717) is 23.4 Å². The maximum atomic E-state index is 13.6. The third kappa shape index (κ3) is 3.98. The number of rotatable bonds is 5. The second kappa shape index (κ2) is 8.71. The van der Waals surface area contributed by atoms with Gasteiger partial charge in [-0.3, -0.25) is 19.3 Å². The van der Waals surface area contributed by atoms with Crippen molar-refractivity contribution in [1.82, 2.24) is 0 Å². The average Bonchev–Trinajstić information content (AvgIpc) is 3.49. The van der Waals surface area contributed by atoms with E-state index in [2.05, 4.69) is 5.32 Å². The SMILES string of the molecule is O=C(O)CCC(=O)N1c2ccccc2NC2=C(C(=O)C[C@H](c3ccco3)C2)[C@@H]1c1cccs1. The fourth-order valence-electron chi connectivity index (χ4n) is 4.64. The minimum absolute atomic E-state index is 0.0487. The number of para-hydroxylation sites is 2. The summed E-state index contributed by atoms with van der Waals surface area (Å²) in [6, 6.07) is 14.3. The van der Waals surface area contributed by atoms with E-state index in [9.17, 15) is 14.4 Å². The molecule has 1 amide bonds. The van der Waals surface area contributed by atoms with Crippen LogP contribution < -0.4 is 10.2 Å². The maximum absolute atomic E-state index is 13.6. The number of carbonyl (C=O) groups is 3. The molecule has 0 fully saturated rings. The van der Waals surface area contributed by atoms with Gasteiger partial charge in [0.05, 0.1) is 24.1 Å². The predicted molar refractivity (Wildman–Crippen MR) is 124 cm³/mol. The molecular weight excluding hydrogens is 440 g/mol. The Hall–Kier alpha value is -3.65. The molecule has 0 spiro atoms. The maximum Gasteiger partial charge on any atom is 0.303 e. The van der Waals surface area contributed by atoms with Gasteiger partial charge in [0.15, 0.2) is 5.78 Å². The predicted octanol–water partition coefficient (Wildman–Crippen LogP) is 5.11. The van der Waals surface area contributed by atoms with E-state index in [1.54, 1.807) is 11.2 Å². The van der Waals surface area contributed by atoms with E-state index in [1.165, 1.54) is 11.3 Å². The first-order chi connectivity index (χ1) is 16.0. The molecule has 2 N–H and O–H groups in total. The monoisotopic (exact) mass is 462 g/mol. The Morgan fingerprint density at radius 1 is 1.09 bits per heavy atom. The highest BCUT2D eigenvalue weighted by Crippen LogP contribution is 2.48. The number of fused-ring (bicyclic) bond motifs is 1. The summed E-state index contributed by atoms with van der Waals surface area (Å²) >= 11 is 1.47. The molecule has 7 nitrogen and oxygen atoms in total. The lowest BCUT2D eigenvalue weighted by Gasteiger charge is -2.34. The number of benzene rings is 1. The molecular formula is C25H22N2O5S. The zero-order valence-electron chi connectivity index (χ0n) is 17.7. The summed E-state index contributed by atoms with van der Waals surface area (Å²) in [6.07, 6.45) is 2.03. The molecule has 3 heterocycles. The van der Waals surface area contributed by atoms with Crippen LogP contribution in [0.1, 0.15) is 48.3 Å². The molecule has 0 saturated carbocycles. The lowest BCUT2D eigenvalue weighted by Crippen LogP contribution is -2.38. The van der Waals surface area contributed by atoms with Gasteiger partial charge in [-0.25, -0.2) is 0 Å². The number of nitrogens with zero attached hydrogens (tertiary/aromatic N) is 1. The van der Waals surface area contributed by atoms with Crippen LogP contribution in [0.2, 0.25) is 0 Å². The number of aliphatic carboxylic acids is 1. The second-order valence-corrected chi connectivity index (χ2v) is 9.13. The lowest BCUT2D eigenvalue weighted by atomic mass is 9.81. The van der Waals surface area contributed by atoms with Gasteiger partial charge in [0.1, 0.15) is 11.8 Å². The number of carboxylic acids is 1. The Bertz CT molecular complexity index is 1230. The highest BCUT2D eigenvalue weighted by atomic mass is 32.1. The van der Waals surface area contributed by atoms with Crippen molar-refractivity contribution >= 4 is 40.4 Å². The number of carboxylic acid groups (broad SMARTS) is 1. The molecule has 5 rings (SSSR count). The molecule has 1 aromatic carbocycles. The van der Waals surface area contributed by atoms with Crippen molar-refractivity contribution in [2.75, 3.05) is 10.2 Å². The van der Waals surface area contributed by atoms with Gasteiger partial charge in [0.2, 0.25) is 5.91 Å². The standard InChI is InChI=1S/C25H22N2O5S/c28-19-14-15(20-7-3-11-32-20)13-17-24(19)25(21-8-4-12-33-21)27(22(29)9-10-23(30)31)18-6-2-1-5-16(18)26-17/h1-8,11-12,15,25-26H,9-10,13-14H2,(H,30,31)/t15-,25+/m1/s1. The largest absolute Gasteiger partial charge is 0.481 e. The third-order valence-electron chi connectivity index (χ3n) is 6.07. The molecule has 1 aliphatic carbocycles. The lowest BCUT2D eigenvalue weighted by molar-refractivity contribution is -0.138. The first kappa shape index (κ1) is 21.2. The zero-order chi connectivity index (χ0) is 22.9. The number of carbonyl (C=O) groups excluding carboxylic acids is 2. The minimum atomic E-state index is -1.04. The molecule has 168 valence electrons. The average molecular weight is 463 g/mol. The van der Waals surface area contributed by atoms with Gasteiger partial charge >= 0.3 is 5.97 Å². The van der Waals surface area contributed by atoms with E-state index >= 15 is 0 Å². The van der Waals surface area contributed by atoms with Crippen LogP contribution in [0.4, 0.5) is 11.4 Å². The highest BCUT2D eigenvalue weighted by Gasteiger charge is 2.42. The molecule has 2 atom stereocenters. The number of thiophene rings is 1. The Kier molecular flexibility index (Phi) is 5.60. The van der Waals surface area contributed by atoms with Crippen molar-refractivity contribution in [3.05, 3.63) is 82.1 Å². The number of ketones is 1. The topological polar surface area (TPSA) is 99.9 Å². The molecule has 8 heteroatoms. The molecule has 0 radical (unpaired) electrons. The number of anilines is 2. The van der Waals surface area contributed by atoms with Crippen LogP contribution in [0, 0.1) is 0 Å². The van der Waals surface area contributed by atoms with Crippen molar-refractivity contribution in [2.24, 2.45) is 0 Å². The number of Topliss-reactive ketones (excluding diaryl/α,β-unsaturated/α-hetero) is 1. The van der Waals surface area contributed by atoms with Gasteiger partial charge in [0.25, 0.3) is 0 Å². The van der Waals surface area contributed by atoms with E-state index < -0.39 is 12.0 Å². The minimum Gasteiger partial charge on any atom is -0.481 e. The molecule has 0 unspecified atom stereocenters. The van der Waals surface area contributed by atoms with Crippen molar-refractivity contribution in [3.8, 4) is 0 Å². The first-order valence-corrected chi connectivity index (χ1v) is 11.6. The van der Waals surface area contributed by atoms with Crippen molar-refractivity contribution in [3.63, 3.8) is 0 Å². The molecule has 3 aromatic rings. The summed E-state index contributed by atoms with van der Waals surface area (Å²) in [7, 11) is 0. The van der Waals surface area contributed by atoms with E-state index in [4.69, 9.17) is 9.52 Å². The Morgan fingerprint density at radius 3 is 2.67 bits per heavy atom. The van der Waals surface area contributed by atoms with Crippen LogP contribution in [0.3, 0.4) is 0 Å². The number of hydrogen-bond acceptors (Lipinski definition) is 6. The quantitative estimate of drug-likeness (QED) is 0.547. The Labute approximate surface area is 194 Å². The molecule has 0 saturated heterocycles. The van der Waals surface area contributed by atoms with Gasteiger partial charge in [-0.15, -0.1) is 11.3 Å². The van der Waals surface area contributed by atoms with Crippen LogP contribution in [0.5, 0.6) is 0 Å². The number of furan rings is 1. The second-order valence-electron chi connectivity index (χ2n) is 8.15. The van der Waals surface area contributed by atoms with Crippen LogP contribution >= 0.6 is 11.3 Å². The third-order valence-corrected chi connectivity index (χ3v) is 6.99. The van der Waals surface area contributed by atoms with Gasteiger partial charge in [-0.05, 0) is 42.1 Å². The number of hydrogen-bond donors (Lipinski definition) is 2. The smallest absolute Gasteiger partial charge is 0.303 e. The van der Waals surface area contributed by atoms with Crippen molar-refractivity contribution in [1.29, 1.82) is 0 Å². The van der Waals surface area contributed by atoms with Gasteiger partial charge in [0, 0.05) is 34.9 Å². The van der Waals surface area contributed by atoms with Crippen LogP contribution in [-0.4, -0.2) is 22.8 Å². The normalized spacial score (nSPS) is 20.0. The molecule has 2 aliphatic rings. The van der Waals surface area contributed by atoms with Crippen LogP contribution in [-0.2, 0) is 14.4 Å². The van der Waals surface area contributed by atoms with E-state index in [-0.39, 0.29) is 36.9 Å². The van der Waals surface area contributed by atoms with Crippen molar-refractivity contribution < 1.29 is 23.9 Å². The summed E-state index contributed by atoms with van der Waals surface area (Å²) in [5.74, 6) is -0.750.